The van der Waals surface area contributed by atoms with Gasteiger partial charge in [-0.25, -0.2) is 4.98 Å². The minimum absolute atomic E-state index is 0.180. The van der Waals surface area contributed by atoms with Gasteiger partial charge in [-0.15, -0.1) is 22.7 Å². The van der Waals surface area contributed by atoms with Gasteiger partial charge in [-0.2, -0.15) is 0 Å². The quantitative estimate of drug-likeness (QED) is 0.429. The number of benzene rings is 2. The zero-order chi connectivity index (χ0) is 18.4. The molecule has 0 unspecified atom stereocenters. The highest BCUT2D eigenvalue weighted by molar-refractivity contribution is 7.21. The van der Waals surface area contributed by atoms with Crippen LogP contribution in [0.2, 0.25) is 0 Å². The van der Waals surface area contributed by atoms with Crippen LogP contribution in [0.25, 0.3) is 20.3 Å². The fraction of sp³-hybridized carbons (Fsp3) is 0.273. The van der Waals surface area contributed by atoms with E-state index >= 15 is 0 Å². The number of rotatable bonds is 2. The lowest BCUT2D eigenvalue weighted by Crippen LogP contribution is -2.39. The highest BCUT2D eigenvalue weighted by Crippen LogP contribution is 2.35. The number of para-hydroxylation sites is 1. The van der Waals surface area contributed by atoms with Crippen molar-refractivity contribution >= 4 is 48.9 Å². The van der Waals surface area contributed by atoms with Gasteiger partial charge in [0.15, 0.2) is 0 Å². The molecule has 2 aromatic carbocycles. The molecule has 1 amide bonds. The number of aromatic nitrogens is 1. The third kappa shape index (κ3) is 2.95. The van der Waals surface area contributed by atoms with Crippen LogP contribution in [0.15, 0.2) is 48.5 Å². The van der Waals surface area contributed by atoms with Gasteiger partial charge in [0.1, 0.15) is 0 Å². The van der Waals surface area contributed by atoms with E-state index in [9.17, 15) is 4.79 Å². The highest BCUT2D eigenvalue weighted by Gasteiger charge is 2.29. The Morgan fingerprint density at radius 1 is 1.07 bits per heavy atom. The van der Waals surface area contributed by atoms with Crippen molar-refractivity contribution < 1.29 is 4.79 Å². The first-order valence-corrected chi connectivity index (χ1v) is 11.0. The van der Waals surface area contributed by atoms with Gasteiger partial charge in [-0.3, -0.25) is 4.79 Å². The standard InChI is InChI=1S/C22H20N2OS2/c1-14-16-8-2-4-10-18(16)26-20(14)22(25)24-12-6-7-15(13-24)21-23-17-9-3-5-11-19(17)27-21/h2-5,8-11,15H,6-7,12-13H2,1H3/t15-/m1/s1. The Morgan fingerprint density at radius 2 is 1.85 bits per heavy atom. The molecular formula is C22H20N2OS2. The molecule has 0 saturated carbocycles. The Labute approximate surface area is 166 Å². The first kappa shape index (κ1) is 16.9. The minimum Gasteiger partial charge on any atom is -0.337 e. The molecule has 0 radical (unpaired) electrons. The first-order chi connectivity index (χ1) is 13.2. The second kappa shape index (κ2) is 6.73. The molecule has 0 N–H and O–H groups in total. The van der Waals surface area contributed by atoms with E-state index in [0.29, 0.717) is 5.92 Å². The predicted octanol–water partition coefficient (Wildman–Crippen LogP) is 5.84. The van der Waals surface area contributed by atoms with Crippen LogP contribution in [0.5, 0.6) is 0 Å². The summed E-state index contributed by atoms with van der Waals surface area (Å²) in [4.78, 5) is 21.0. The van der Waals surface area contributed by atoms with E-state index in [2.05, 4.69) is 37.3 Å². The van der Waals surface area contributed by atoms with E-state index in [4.69, 9.17) is 4.98 Å². The van der Waals surface area contributed by atoms with Gasteiger partial charge in [0, 0.05) is 23.7 Å². The molecule has 27 heavy (non-hydrogen) atoms. The van der Waals surface area contributed by atoms with Gasteiger partial charge in [-0.05, 0) is 48.9 Å². The Hall–Kier alpha value is -2.24. The topological polar surface area (TPSA) is 33.2 Å². The Morgan fingerprint density at radius 3 is 2.67 bits per heavy atom. The third-order valence-corrected chi connectivity index (χ3v) is 7.87. The molecule has 0 bridgehead atoms. The summed E-state index contributed by atoms with van der Waals surface area (Å²) < 4.78 is 2.43. The van der Waals surface area contributed by atoms with E-state index in [1.54, 1.807) is 22.7 Å². The molecule has 0 aliphatic carbocycles. The summed E-state index contributed by atoms with van der Waals surface area (Å²) in [5, 5.41) is 2.37. The number of piperidine rings is 1. The average Bonchev–Trinajstić information content (AvgIpc) is 3.29. The van der Waals surface area contributed by atoms with Crippen LogP contribution >= 0.6 is 22.7 Å². The van der Waals surface area contributed by atoms with Crippen LogP contribution < -0.4 is 0 Å². The highest BCUT2D eigenvalue weighted by atomic mass is 32.1. The largest absolute Gasteiger partial charge is 0.337 e. The van der Waals surface area contributed by atoms with Crippen molar-refractivity contribution in [3.63, 3.8) is 0 Å². The van der Waals surface area contributed by atoms with Crippen LogP contribution in [0.1, 0.15) is 39.0 Å². The number of hydrogen-bond donors (Lipinski definition) is 0. The number of hydrogen-bond acceptors (Lipinski definition) is 4. The predicted molar refractivity (Wildman–Crippen MR) is 114 cm³/mol. The summed E-state index contributed by atoms with van der Waals surface area (Å²) in [6.45, 7) is 3.68. The monoisotopic (exact) mass is 392 g/mol. The normalized spacial score (nSPS) is 17.7. The summed E-state index contributed by atoms with van der Waals surface area (Å²) >= 11 is 3.40. The van der Waals surface area contributed by atoms with Gasteiger partial charge < -0.3 is 4.90 Å². The summed E-state index contributed by atoms with van der Waals surface area (Å²) in [6.07, 6.45) is 2.14. The molecule has 3 heterocycles. The lowest BCUT2D eigenvalue weighted by Gasteiger charge is -2.31. The second-order valence-corrected chi connectivity index (χ2v) is 9.28. The molecular weight excluding hydrogens is 372 g/mol. The Balaban J connectivity index is 1.43. The molecule has 2 aromatic heterocycles. The van der Waals surface area contributed by atoms with Crippen LogP contribution in [-0.4, -0.2) is 28.9 Å². The smallest absolute Gasteiger partial charge is 0.264 e. The molecule has 4 aromatic rings. The van der Waals surface area contributed by atoms with Gasteiger partial charge in [0.2, 0.25) is 0 Å². The first-order valence-electron chi connectivity index (χ1n) is 9.33. The Kier molecular flexibility index (Phi) is 4.21. The van der Waals surface area contributed by atoms with Crippen molar-refractivity contribution in [2.45, 2.75) is 25.7 Å². The number of likely N-dealkylation sites (tertiary alicyclic amines) is 1. The van der Waals surface area contributed by atoms with Gasteiger partial charge >= 0.3 is 0 Å². The number of carbonyl (C=O) groups excluding carboxylic acids is 1. The van der Waals surface area contributed by atoms with Crippen molar-refractivity contribution in [2.75, 3.05) is 13.1 Å². The van der Waals surface area contributed by atoms with Crippen molar-refractivity contribution in [1.82, 2.24) is 9.88 Å². The average molecular weight is 393 g/mol. The molecule has 136 valence electrons. The van der Waals surface area contributed by atoms with Crippen molar-refractivity contribution in [3.05, 3.63) is 64.0 Å². The maximum atomic E-state index is 13.3. The van der Waals surface area contributed by atoms with E-state index in [1.165, 1.54) is 19.8 Å². The van der Waals surface area contributed by atoms with Crippen molar-refractivity contribution in [3.8, 4) is 0 Å². The maximum Gasteiger partial charge on any atom is 0.264 e. The zero-order valence-corrected chi connectivity index (χ0v) is 16.8. The number of carbonyl (C=O) groups is 1. The summed E-state index contributed by atoms with van der Waals surface area (Å²) in [7, 11) is 0. The zero-order valence-electron chi connectivity index (χ0n) is 15.1. The summed E-state index contributed by atoms with van der Waals surface area (Å²) in [5.41, 5.74) is 2.18. The number of nitrogens with zero attached hydrogens (tertiary/aromatic N) is 2. The third-order valence-electron chi connectivity index (χ3n) is 5.41. The maximum absolute atomic E-state index is 13.3. The number of thiazole rings is 1. The molecule has 5 heteroatoms. The fourth-order valence-corrected chi connectivity index (χ4v) is 6.22. The fourth-order valence-electron chi connectivity index (χ4n) is 3.95. The van der Waals surface area contributed by atoms with E-state index < -0.39 is 0 Å². The summed E-state index contributed by atoms with van der Waals surface area (Å²) in [5.74, 6) is 0.522. The van der Waals surface area contributed by atoms with E-state index in [-0.39, 0.29) is 5.91 Å². The number of amides is 1. The van der Waals surface area contributed by atoms with Crippen molar-refractivity contribution in [1.29, 1.82) is 0 Å². The molecule has 5 rings (SSSR count). The van der Waals surface area contributed by atoms with Gasteiger partial charge in [0.05, 0.1) is 20.1 Å². The summed E-state index contributed by atoms with van der Waals surface area (Å²) in [6, 6.07) is 16.6. The molecule has 1 atom stereocenters. The minimum atomic E-state index is 0.180. The van der Waals surface area contributed by atoms with Gasteiger partial charge in [0.25, 0.3) is 5.91 Å². The molecule has 3 nitrogen and oxygen atoms in total. The lowest BCUT2D eigenvalue weighted by molar-refractivity contribution is 0.0711. The van der Waals surface area contributed by atoms with Gasteiger partial charge in [-0.1, -0.05) is 30.3 Å². The van der Waals surface area contributed by atoms with Crippen LogP contribution in [0, 0.1) is 6.92 Å². The Bertz CT molecular complexity index is 1110. The molecule has 1 aliphatic heterocycles. The molecule has 1 fully saturated rings. The molecule has 1 saturated heterocycles. The van der Waals surface area contributed by atoms with E-state index in [1.807, 2.05) is 23.1 Å². The number of aryl methyl sites for hydroxylation is 1. The van der Waals surface area contributed by atoms with E-state index in [0.717, 1.165) is 41.9 Å². The van der Waals surface area contributed by atoms with Crippen LogP contribution in [-0.2, 0) is 0 Å². The van der Waals surface area contributed by atoms with Crippen LogP contribution in [0.3, 0.4) is 0 Å². The molecule has 0 spiro atoms. The SMILES string of the molecule is Cc1c(C(=O)N2CCC[C@@H](c3nc4ccccc4s3)C2)sc2ccccc12. The lowest BCUT2D eigenvalue weighted by atomic mass is 9.98. The van der Waals surface area contributed by atoms with Crippen molar-refractivity contribution in [2.24, 2.45) is 0 Å². The number of thiophene rings is 1. The number of fused-ring (bicyclic) bond motifs is 2. The molecule has 1 aliphatic rings. The van der Waals surface area contributed by atoms with Crippen LogP contribution in [0.4, 0.5) is 0 Å². The second-order valence-electron chi connectivity index (χ2n) is 7.16.